The smallest absolute Gasteiger partial charge is 0.191 e. The molecule has 7 heteroatoms. The minimum atomic E-state index is 0. The predicted octanol–water partition coefficient (Wildman–Crippen LogP) is 3.93. The van der Waals surface area contributed by atoms with Crippen molar-refractivity contribution in [1.29, 1.82) is 0 Å². The number of ether oxygens (including phenoxy) is 1. The van der Waals surface area contributed by atoms with E-state index in [0.717, 1.165) is 50.3 Å². The van der Waals surface area contributed by atoms with Crippen molar-refractivity contribution in [3.05, 3.63) is 34.9 Å². The lowest BCUT2D eigenvalue weighted by Gasteiger charge is -2.31. The van der Waals surface area contributed by atoms with Gasteiger partial charge in [-0.1, -0.05) is 23.7 Å². The second kappa shape index (κ2) is 13.6. The molecule has 2 rings (SSSR count). The van der Waals surface area contributed by atoms with Crippen molar-refractivity contribution < 1.29 is 4.74 Å². The first-order chi connectivity index (χ1) is 12.6. The topological polar surface area (TPSA) is 48.9 Å². The van der Waals surface area contributed by atoms with Crippen LogP contribution in [0.1, 0.15) is 38.3 Å². The van der Waals surface area contributed by atoms with Gasteiger partial charge in [0, 0.05) is 31.8 Å². The molecule has 0 aliphatic carbocycles. The lowest BCUT2D eigenvalue weighted by Crippen LogP contribution is -2.40. The van der Waals surface area contributed by atoms with Crippen molar-refractivity contribution in [3.8, 4) is 0 Å². The van der Waals surface area contributed by atoms with Crippen LogP contribution in [0, 0.1) is 5.92 Å². The summed E-state index contributed by atoms with van der Waals surface area (Å²) in [5.74, 6) is 1.55. The third kappa shape index (κ3) is 8.98. The number of aliphatic imine (C=N–C) groups is 1. The molecular formula is C20H34ClIN4O. The number of benzene rings is 1. The third-order valence-corrected chi connectivity index (χ3v) is 5.15. The standard InChI is InChI=1S/C20H33ClN4O.HI/c1-4-22-20(24-16(2)18-5-7-19(21)8-6-18)23-15-17-9-11-25(12-10-17)13-14-26-3;/h5-8,16-17H,4,9-15H2,1-3H3,(H2,22,23,24);1H. The molecule has 0 spiro atoms. The summed E-state index contributed by atoms with van der Waals surface area (Å²) in [4.78, 5) is 7.31. The van der Waals surface area contributed by atoms with Crippen molar-refractivity contribution >= 4 is 41.5 Å². The highest BCUT2D eigenvalue weighted by molar-refractivity contribution is 14.0. The van der Waals surface area contributed by atoms with Gasteiger partial charge in [0.25, 0.3) is 0 Å². The van der Waals surface area contributed by atoms with E-state index in [1.807, 2.05) is 12.1 Å². The number of guanidine groups is 1. The van der Waals surface area contributed by atoms with Gasteiger partial charge in [0.15, 0.2) is 5.96 Å². The van der Waals surface area contributed by atoms with Gasteiger partial charge in [-0.05, 0) is 63.4 Å². The monoisotopic (exact) mass is 508 g/mol. The molecule has 1 saturated heterocycles. The maximum absolute atomic E-state index is 5.98. The highest BCUT2D eigenvalue weighted by atomic mass is 127. The summed E-state index contributed by atoms with van der Waals surface area (Å²) in [6, 6.07) is 8.15. The van der Waals surface area contributed by atoms with Crippen molar-refractivity contribution in [2.75, 3.05) is 46.4 Å². The molecule has 1 atom stereocenters. The van der Waals surface area contributed by atoms with Crippen LogP contribution in [0.3, 0.4) is 0 Å². The molecule has 0 radical (unpaired) electrons. The van der Waals surface area contributed by atoms with Crippen molar-refractivity contribution in [2.24, 2.45) is 10.9 Å². The maximum Gasteiger partial charge on any atom is 0.191 e. The van der Waals surface area contributed by atoms with Gasteiger partial charge in [0.05, 0.1) is 12.6 Å². The summed E-state index contributed by atoms with van der Waals surface area (Å²) in [6.45, 7) is 10.1. The van der Waals surface area contributed by atoms with Gasteiger partial charge in [0.1, 0.15) is 0 Å². The zero-order chi connectivity index (χ0) is 18.8. The number of methoxy groups -OCH3 is 1. The van der Waals surface area contributed by atoms with Crippen LogP contribution in [-0.4, -0.2) is 57.3 Å². The third-order valence-electron chi connectivity index (χ3n) is 4.89. The highest BCUT2D eigenvalue weighted by Crippen LogP contribution is 2.18. The average molecular weight is 509 g/mol. The Labute approximate surface area is 186 Å². The molecule has 1 fully saturated rings. The van der Waals surface area contributed by atoms with Gasteiger partial charge in [-0.3, -0.25) is 4.99 Å². The fourth-order valence-electron chi connectivity index (χ4n) is 3.19. The molecule has 1 heterocycles. The number of hydrogen-bond donors (Lipinski definition) is 2. The van der Waals surface area contributed by atoms with Crippen molar-refractivity contribution in [3.63, 3.8) is 0 Å². The van der Waals surface area contributed by atoms with Gasteiger partial charge >= 0.3 is 0 Å². The van der Waals surface area contributed by atoms with Crippen LogP contribution in [-0.2, 0) is 4.74 Å². The van der Waals surface area contributed by atoms with E-state index in [0.29, 0.717) is 5.92 Å². The molecule has 0 saturated carbocycles. The quantitative estimate of drug-likeness (QED) is 0.317. The molecule has 1 aromatic carbocycles. The number of hydrogen-bond acceptors (Lipinski definition) is 3. The first-order valence-electron chi connectivity index (χ1n) is 9.64. The molecular weight excluding hydrogens is 475 g/mol. The van der Waals surface area contributed by atoms with Gasteiger partial charge in [-0.25, -0.2) is 0 Å². The average Bonchev–Trinajstić information content (AvgIpc) is 2.66. The Hall–Kier alpha value is -0.570. The molecule has 27 heavy (non-hydrogen) atoms. The van der Waals surface area contributed by atoms with E-state index in [-0.39, 0.29) is 30.0 Å². The Morgan fingerprint density at radius 1 is 1.30 bits per heavy atom. The number of likely N-dealkylation sites (tertiary alicyclic amines) is 1. The minimum absolute atomic E-state index is 0. The Morgan fingerprint density at radius 3 is 2.56 bits per heavy atom. The largest absolute Gasteiger partial charge is 0.383 e. The maximum atomic E-state index is 5.98. The SMILES string of the molecule is CCNC(=NCC1CCN(CCOC)CC1)NC(C)c1ccc(Cl)cc1.I. The molecule has 1 aliphatic heterocycles. The number of nitrogens with one attached hydrogen (secondary N) is 2. The van der Waals surface area contributed by atoms with Crippen LogP contribution >= 0.6 is 35.6 Å². The molecule has 0 aromatic heterocycles. The fourth-order valence-corrected chi connectivity index (χ4v) is 3.32. The van der Waals surface area contributed by atoms with E-state index in [2.05, 4.69) is 41.5 Å². The van der Waals surface area contributed by atoms with Gasteiger partial charge in [0.2, 0.25) is 0 Å². The molecule has 1 unspecified atom stereocenters. The van der Waals surface area contributed by atoms with E-state index in [1.54, 1.807) is 7.11 Å². The first-order valence-corrected chi connectivity index (χ1v) is 10.0. The number of nitrogens with zero attached hydrogens (tertiary/aromatic N) is 2. The fraction of sp³-hybridized carbons (Fsp3) is 0.650. The highest BCUT2D eigenvalue weighted by Gasteiger charge is 2.19. The lowest BCUT2D eigenvalue weighted by molar-refractivity contribution is 0.121. The summed E-state index contributed by atoms with van der Waals surface area (Å²) >= 11 is 5.98. The molecule has 1 aromatic rings. The molecule has 0 amide bonds. The van der Waals surface area contributed by atoms with Crippen LogP contribution < -0.4 is 10.6 Å². The van der Waals surface area contributed by atoms with Crippen LogP contribution in [0.2, 0.25) is 5.02 Å². The van der Waals surface area contributed by atoms with Crippen molar-refractivity contribution in [2.45, 2.75) is 32.7 Å². The second-order valence-electron chi connectivity index (χ2n) is 6.92. The van der Waals surface area contributed by atoms with Crippen LogP contribution in [0.5, 0.6) is 0 Å². The van der Waals surface area contributed by atoms with E-state index in [9.17, 15) is 0 Å². The zero-order valence-electron chi connectivity index (χ0n) is 16.7. The Kier molecular flexibility index (Phi) is 12.3. The van der Waals surface area contributed by atoms with E-state index in [4.69, 9.17) is 21.3 Å². The second-order valence-corrected chi connectivity index (χ2v) is 7.35. The van der Waals surface area contributed by atoms with Crippen LogP contribution in [0.4, 0.5) is 0 Å². The summed E-state index contributed by atoms with van der Waals surface area (Å²) in [6.07, 6.45) is 2.42. The Bertz CT molecular complexity index is 547. The van der Waals surface area contributed by atoms with Crippen molar-refractivity contribution in [1.82, 2.24) is 15.5 Å². The van der Waals surface area contributed by atoms with Gasteiger partial charge in [-0.15, -0.1) is 24.0 Å². The number of halogens is 2. The Balaban J connectivity index is 0.00000364. The summed E-state index contributed by atoms with van der Waals surface area (Å²) < 4.78 is 5.17. The molecule has 154 valence electrons. The number of rotatable bonds is 8. The molecule has 5 nitrogen and oxygen atoms in total. The molecule has 0 bridgehead atoms. The predicted molar refractivity (Wildman–Crippen MR) is 125 cm³/mol. The minimum Gasteiger partial charge on any atom is -0.383 e. The summed E-state index contributed by atoms with van der Waals surface area (Å²) in [7, 11) is 1.77. The van der Waals surface area contributed by atoms with E-state index in [1.165, 1.54) is 18.4 Å². The van der Waals surface area contributed by atoms with Crippen LogP contribution in [0.15, 0.2) is 29.3 Å². The van der Waals surface area contributed by atoms with Gasteiger partial charge in [-0.2, -0.15) is 0 Å². The number of piperidine rings is 1. The van der Waals surface area contributed by atoms with Gasteiger partial charge < -0.3 is 20.3 Å². The zero-order valence-corrected chi connectivity index (χ0v) is 19.8. The van der Waals surface area contributed by atoms with E-state index < -0.39 is 0 Å². The van der Waals surface area contributed by atoms with Crippen LogP contribution in [0.25, 0.3) is 0 Å². The summed E-state index contributed by atoms with van der Waals surface area (Å²) in [5, 5.41) is 7.62. The first kappa shape index (κ1) is 24.5. The molecule has 2 N–H and O–H groups in total. The van der Waals surface area contributed by atoms with E-state index >= 15 is 0 Å². The lowest BCUT2D eigenvalue weighted by atomic mass is 9.97. The Morgan fingerprint density at radius 2 is 1.96 bits per heavy atom. The normalized spacial score (nSPS) is 17.3. The summed E-state index contributed by atoms with van der Waals surface area (Å²) in [5.41, 5.74) is 1.20. The molecule has 1 aliphatic rings.